The van der Waals surface area contributed by atoms with E-state index >= 15 is 0 Å². The summed E-state index contributed by atoms with van der Waals surface area (Å²) in [6.07, 6.45) is 3.06. The van der Waals surface area contributed by atoms with E-state index in [-0.39, 0.29) is 23.5 Å². The van der Waals surface area contributed by atoms with Crippen LogP contribution in [0.15, 0.2) is 53.5 Å². The van der Waals surface area contributed by atoms with Crippen LogP contribution >= 0.6 is 0 Å². The molecular weight excluding hydrogens is 492 g/mol. The van der Waals surface area contributed by atoms with Crippen molar-refractivity contribution in [3.63, 3.8) is 0 Å². The van der Waals surface area contributed by atoms with Gasteiger partial charge in [-0.1, -0.05) is 30.3 Å². The lowest BCUT2D eigenvalue weighted by molar-refractivity contribution is -0.130. The Morgan fingerprint density at radius 3 is 2.36 bits per heavy atom. The molecule has 2 aromatic rings. The molecule has 0 radical (unpaired) electrons. The van der Waals surface area contributed by atoms with E-state index in [1.54, 1.807) is 6.92 Å². The van der Waals surface area contributed by atoms with Gasteiger partial charge in [-0.3, -0.25) is 19.4 Å². The molecule has 3 aliphatic rings. The normalized spacial score (nSPS) is 24.4. The van der Waals surface area contributed by atoms with Crippen LogP contribution in [0.5, 0.6) is 0 Å². The Bertz CT molecular complexity index is 1280. The number of rotatable bonds is 5. The van der Waals surface area contributed by atoms with Gasteiger partial charge in [0.15, 0.2) is 5.78 Å². The van der Waals surface area contributed by atoms with E-state index in [0.717, 1.165) is 49.0 Å². The summed E-state index contributed by atoms with van der Waals surface area (Å²) in [5.74, 6) is 1.10. The second-order valence-electron chi connectivity index (χ2n) is 11.2. The van der Waals surface area contributed by atoms with Crippen LogP contribution in [0, 0.1) is 11.8 Å². The SMILES string of the molecule is CC(=O)N1CCC(CC2CC(=O)C(C)(c3cccc(-c4cccc(C(=O)N5CCOCC5)c4)c3)N=C2N)CC1. The molecule has 0 aromatic heterocycles. The van der Waals surface area contributed by atoms with Crippen molar-refractivity contribution in [2.75, 3.05) is 39.4 Å². The molecule has 3 aliphatic heterocycles. The fourth-order valence-electron chi connectivity index (χ4n) is 6.04. The maximum Gasteiger partial charge on any atom is 0.254 e. The quantitative estimate of drug-likeness (QED) is 0.636. The predicted octanol–water partition coefficient (Wildman–Crippen LogP) is 3.64. The van der Waals surface area contributed by atoms with Crippen molar-refractivity contribution in [2.45, 2.75) is 45.1 Å². The van der Waals surface area contributed by atoms with E-state index in [1.807, 2.05) is 65.3 Å². The summed E-state index contributed by atoms with van der Waals surface area (Å²) in [5, 5.41) is 0. The maximum absolute atomic E-state index is 13.5. The first-order chi connectivity index (χ1) is 18.7. The Labute approximate surface area is 230 Å². The molecular formula is C31H38N4O4. The largest absolute Gasteiger partial charge is 0.387 e. The van der Waals surface area contributed by atoms with Crippen molar-refractivity contribution in [3.05, 3.63) is 59.7 Å². The number of hydrogen-bond donors (Lipinski definition) is 1. The zero-order valence-electron chi connectivity index (χ0n) is 22.9. The summed E-state index contributed by atoms with van der Waals surface area (Å²) < 4.78 is 5.38. The van der Waals surface area contributed by atoms with Crippen molar-refractivity contribution in [1.29, 1.82) is 0 Å². The third-order valence-electron chi connectivity index (χ3n) is 8.59. The summed E-state index contributed by atoms with van der Waals surface area (Å²) in [7, 11) is 0. The molecule has 2 saturated heterocycles. The molecule has 0 spiro atoms. The number of ketones is 1. The molecule has 39 heavy (non-hydrogen) atoms. The second-order valence-corrected chi connectivity index (χ2v) is 11.2. The Balaban J connectivity index is 1.33. The topological polar surface area (TPSA) is 105 Å². The highest BCUT2D eigenvalue weighted by atomic mass is 16.5. The minimum Gasteiger partial charge on any atom is -0.387 e. The number of piperidine rings is 1. The zero-order valence-corrected chi connectivity index (χ0v) is 22.9. The number of likely N-dealkylation sites (tertiary alicyclic amines) is 1. The predicted molar refractivity (Wildman–Crippen MR) is 150 cm³/mol. The molecule has 8 heteroatoms. The number of aliphatic imine (C=N–C) groups is 1. The molecule has 5 rings (SSSR count). The minimum absolute atomic E-state index is 0.00103. The van der Waals surface area contributed by atoms with E-state index < -0.39 is 5.54 Å². The molecule has 2 unspecified atom stereocenters. The standard InChI is InChI=1S/C31H38N4O4/c1-21(36)34-11-9-22(10-12-34)17-26-20-28(37)31(2,33-29(26)32)27-8-4-6-24(19-27)23-5-3-7-25(18-23)30(38)35-13-15-39-16-14-35/h3-8,18-19,22,26H,9-17,20H2,1-2H3,(H2,32,33). The molecule has 8 nitrogen and oxygen atoms in total. The van der Waals surface area contributed by atoms with Crippen LogP contribution in [0.25, 0.3) is 11.1 Å². The first-order valence-corrected chi connectivity index (χ1v) is 14.0. The van der Waals surface area contributed by atoms with Crippen molar-refractivity contribution >= 4 is 23.4 Å². The number of nitrogens with zero attached hydrogens (tertiary/aromatic N) is 3. The van der Waals surface area contributed by atoms with E-state index in [4.69, 9.17) is 15.5 Å². The van der Waals surface area contributed by atoms with Gasteiger partial charge in [0, 0.05) is 51.0 Å². The van der Waals surface area contributed by atoms with Crippen molar-refractivity contribution in [1.82, 2.24) is 9.80 Å². The van der Waals surface area contributed by atoms with Gasteiger partial charge >= 0.3 is 0 Å². The van der Waals surface area contributed by atoms with E-state index in [1.165, 1.54) is 0 Å². The van der Waals surface area contributed by atoms with E-state index in [2.05, 4.69) is 0 Å². The summed E-state index contributed by atoms with van der Waals surface area (Å²) in [5.41, 5.74) is 8.73. The van der Waals surface area contributed by atoms with Gasteiger partial charge in [0.25, 0.3) is 5.91 Å². The van der Waals surface area contributed by atoms with Crippen LogP contribution in [-0.4, -0.2) is 72.6 Å². The molecule has 2 amide bonds. The second kappa shape index (κ2) is 11.3. The number of amides is 2. The zero-order chi connectivity index (χ0) is 27.6. The van der Waals surface area contributed by atoms with Crippen LogP contribution in [0.2, 0.25) is 0 Å². The van der Waals surface area contributed by atoms with Crippen LogP contribution in [0.4, 0.5) is 0 Å². The fourth-order valence-corrected chi connectivity index (χ4v) is 6.04. The van der Waals surface area contributed by atoms with E-state index in [0.29, 0.717) is 50.0 Å². The highest BCUT2D eigenvalue weighted by Gasteiger charge is 2.41. The minimum atomic E-state index is -1.05. The van der Waals surface area contributed by atoms with Gasteiger partial charge in [-0.2, -0.15) is 0 Å². The molecule has 2 atom stereocenters. The molecule has 0 saturated carbocycles. The number of carbonyl (C=O) groups excluding carboxylic acids is 3. The number of Topliss-reactive ketones (excluding diaryl/α,β-unsaturated/α-hetero) is 1. The highest BCUT2D eigenvalue weighted by Crippen LogP contribution is 2.38. The molecule has 0 bridgehead atoms. The van der Waals surface area contributed by atoms with Gasteiger partial charge in [0.2, 0.25) is 5.91 Å². The van der Waals surface area contributed by atoms with Gasteiger partial charge < -0.3 is 20.3 Å². The first kappa shape index (κ1) is 27.1. The Morgan fingerprint density at radius 1 is 1.00 bits per heavy atom. The molecule has 206 valence electrons. The van der Waals surface area contributed by atoms with Crippen LogP contribution in [0.1, 0.15) is 55.5 Å². The molecule has 3 heterocycles. The molecule has 2 N–H and O–H groups in total. The maximum atomic E-state index is 13.5. The Kier molecular flexibility index (Phi) is 7.84. The average Bonchev–Trinajstić information content (AvgIpc) is 2.96. The number of hydrogen-bond acceptors (Lipinski definition) is 6. The fraction of sp³-hybridized carbons (Fsp3) is 0.484. The van der Waals surface area contributed by atoms with Crippen LogP contribution in [-0.2, 0) is 19.9 Å². The molecule has 2 fully saturated rings. The summed E-state index contributed by atoms with van der Waals surface area (Å²) in [6, 6.07) is 15.5. The number of carbonyl (C=O) groups is 3. The van der Waals surface area contributed by atoms with Gasteiger partial charge in [0.1, 0.15) is 5.54 Å². The first-order valence-electron chi connectivity index (χ1n) is 14.0. The smallest absolute Gasteiger partial charge is 0.254 e. The van der Waals surface area contributed by atoms with E-state index in [9.17, 15) is 14.4 Å². The van der Waals surface area contributed by atoms with Gasteiger partial charge in [-0.05, 0) is 67.0 Å². The number of nitrogens with two attached hydrogens (primary N) is 1. The van der Waals surface area contributed by atoms with Crippen LogP contribution in [0.3, 0.4) is 0 Å². The molecule has 0 aliphatic carbocycles. The lowest BCUT2D eigenvalue weighted by atomic mass is 9.76. The Morgan fingerprint density at radius 2 is 1.67 bits per heavy atom. The summed E-state index contributed by atoms with van der Waals surface area (Å²) >= 11 is 0. The third-order valence-corrected chi connectivity index (χ3v) is 8.59. The average molecular weight is 531 g/mol. The number of amidine groups is 1. The lowest BCUT2D eigenvalue weighted by Gasteiger charge is -2.36. The van der Waals surface area contributed by atoms with Crippen molar-refractivity contribution in [2.24, 2.45) is 22.6 Å². The number of morpholine rings is 1. The van der Waals surface area contributed by atoms with Gasteiger partial charge in [0.05, 0.1) is 19.0 Å². The van der Waals surface area contributed by atoms with Crippen LogP contribution < -0.4 is 5.73 Å². The monoisotopic (exact) mass is 530 g/mol. The lowest BCUT2D eigenvalue weighted by Crippen LogP contribution is -2.44. The van der Waals surface area contributed by atoms with Gasteiger partial charge in [-0.15, -0.1) is 0 Å². The Hall–Kier alpha value is -3.52. The highest BCUT2D eigenvalue weighted by molar-refractivity contribution is 6.00. The van der Waals surface area contributed by atoms with Crippen molar-refractivity contribution < 1.29 is 19.1 Å². The summed E-state index contributed by atoms with van der Waals surface area (Å²) in [6.45, 7) is 7.30. The number of ether oxygens (including phenoxy) is 1. The number of benzene rings is 2. The summed E-state index contributed by atoms with van der Waals surface area (Å²) in [4.78, 5) is 46.7. The van der Waals surface area contributed by atoms with Gasteiger partial charge in [-0.25, -0.2) is 0 Å². The molecule has 2 aromatic carbocycles. The van der Waals surface area contributed by atoms with Crippen molar-refractivity contribution in [3.8, 4) is 11.1 Å². The third kappa shape index (κ3) is 5.76.